The van der Waals surface area contributed by atoms with Crippen LogP contribution in [0.3, 0.4) is 0 Å². The highest BCUT2D eigenvalue weighted by atomic mass is 32.1. The van der Waals surface area contributed by atoms with E-state index >= 15 is 0 Å². The number of carbonyl (C=O) groups excluding carboxylic acids is 1. The molecule has 0 bridgehead atoms. The highest BCUT2D eigenvalue weighted by Gasteiger charge is 2.15. The van der Waals surface area contributed by atoms with Crippen LogP contribution in [0.1, 0.15) is 10.4 Å². The average Bonchev–Trinajstić information content (AvgIpc) is 3.08. The van der Waals surface area contributed by atoms with Crippen LogP contribution in [0.2, 0.25) is 0 Å². The highest BCUT2D eigenvalue weighted by Crippen LogP contribution is 2.14. The second kappa shape index (κ2) is 9.25. The number of hydrogen-bond acceptors (Lipinski definition) is 4. The van der Waals surface area contributed by atoms with Gasteiger partial charge in [-0.15, -0.1) is 17.9 Å². The molecule has 128 valence electrons. The van der Waals surface area contributed by atoms with Crippen LogP contribution in [0.5, 0.6) is 5.75 Å². The molecular weight excluding hydrogens is 320 g/mol. The maximum absolute atomic E-state index is 12.5. The van der Waals surface area contributed by atoms with Gasteiger partial charge in [0.2, 0.25) is 5.91 Å². The van der Waals surface area contributed by atoms with Gasteiger partial charge in [0.05, 0.1) is 13.7 Å². The number of thiophene rings is 1. The van der Waals surface area contributed by atoms with E-state index in [0.29, 0.717) is 19.6 Å². The smallest absolute Gasteiger partial charge is 0.236 e. The Balaban J connectivity index is 1.91. The molecule has 0 radical (unpaired) electrons. The minimum atomic E-state index is 0.101. The molecule has 24 heavy (non-hydrogen) atoms. The van der Waals surface area contributed by atoms with E-state index in [4.69, 9.17) is 4.74 Å². The zero-order valence-electron chi connectivity index (χ0n) is 14.3. The Kier molecular flexibility index (Phi) is 7.03. The lowest BCUT2D eigenvalue weighted by molar-refractivity contribution is -0.131. The molecule has 0 aliphatic heterocycles. The van der Waals surface area contributed by atoms with Crippen LogP contribution < -0.4 is 4.74 Å². The molecule has 0 fully saturated rings. The molecule has 0 aliphatic carbocycles. The number of hydrogen-bond donors (Lipinski definition) is 0. The van der Waals surface area contributed by atoms with Gasteiger partial charge in [-0.25, -0.2) is 0 Å². The lowest BCUT2D eigenvalue weighted by Gasteiger charge is -2.24. The maximum Gasteiger partial charge on any atom is 0.236 e. The minimum absolute atomic E-state index is 0.101. The van der Waals surface area contributed by atoms with Gasteiger partial charge in [-0.1, -0.05) is 24.3 Å². The van der Waals surface area contributed by atoms with Gasteiger partial charge in [-0.3, -0.25) is 9.69 Å². The summed E-state index contributed by atoms with van der Waals surface area (Å²) in [5, 5.41) is 2.05. The molecule has 4 nitrogen and oxygen atoms in total. The molecule has 0 saturated heterocycles. The van der Waals surface area contributed by atoms with Crippen molar-refractivity contribution in [1.29, 1.82) is 0 Å². The van der Waals surface area contributed by atoms with Crippen LogP contribution in [0.15, 0.2) is 54.4 Å². The highest BCUT2D eigenvalue weighted by molar-refractivity contribution is 7.09. The predicted octanol–water partition coefficient (Wildman–Crippen LogP) is 3.40. The van der Waals surface area contributed by atoms with Crippen molar-refractivity contribution in [2.24, 2.45) is 0 Å². The van der Waals surface area contributed by atoms with E-state index in [2.05, 4.69) is 22.9 Å². The van der Waals surface area contributed by atoms with Crippen LogP contribution in [0.4, 0.5) is 0 Å². The van der Waals surface area contributed by atoms with Crippen LogP contribution >= 0.6 is 11.3 Å². The van der Waals surface area contributed by atoms with Crippen molar-refractivity contribution in [2.75, 3.05) is 27.2 Å². The Morgan fingerprint density at radius 1 is 1.25 bits per heavy atom. The van der Waals surface area contributed by atoms with Crippen molar-refractivity contribution in [1.82, 2.24) is 9.80 Å². The van der Waals surface area contributed by atoms with Crippen molar-refractivity contribution in [2.45, 2.75) is 13.1 Å². The molecule has 5 heteroatoms. The normalized spacial score (nSPS) is 10.6. The summed E-state index contributed by atoms with van der Waals surface area (Å²) in [5.41, 5.74) is 1.08. The van der Waals surface area contributed by atoms with Gasteiger partial charge < -0.3 is 9.64 Å². The lowest BCUT2D eigenvalue weighted by Crippen LogP contribution is -2.37. The zero-order valence-corrected chi connectivity index (χ0v) is 15.1. The quantitative estimate of drug-likeness (QED) is 0.654. The summed E-state index contributed by atoms with van der Waals surface area (Å²) in [6, 6.07) is 11.9. The van der Waals surface area contributed by atoms with Gasteiger partial charge >= 0.3 is 0 Å². The molecule has 0 atom stereocenters. The first-order chi connectivity index (χ1) is 11.6. The summed E-state index contributed by atoms with van der Waals surface area (Å²) < 4.78 is 5.16. The minimum Gasteiger partial charge on any atom is -0.497 e. The van der Waals surface area contributed by atoms with Crippen molar-refractivity contribution < 1.29 is 9.53 Å². The summed E-state index contributed by atoms with van der Waals surface area (Å²) in [7, 11) is 3.48. The van der Waals surface area contributed by atoms with E-state index in [0.717, 1.165) is 17.9 Å². The molecule has 0 spiro atoms. The molecule has 0 N–H and O–H groups in total. The van der Waals surface area contributed by atoms with Crippen LogP contribution in [0, 0.1) is 0 Å². The molecule has 1 heterocycles. The van der Waals surface area contributed by atoms with Gasteiger partial charge in [-0.2, -0.15) is 0 Å². The second-order valence-corrected chi connectivity index (χ2v) is 6.67. The average molecular weight is 344 g/mol. The number of carbonyl (C=O) groups is 1. The standard InChI is InChI=1S/C19H24N2O2S/c1-4-11-21(14-18-6-5-12-24-18)15-19(22)20(2)13-16-7-9-17(23-3)10-8-16/h4-10,12H,1,11,13-15H2,2-3H3. The van der Waals surface area contributed by atoms with Crippen LogP contribution in [-0.4, -0.2) is 43.0 Å². The fourth-order valence-corrected chi connectivity index (χ4v) is 3.14. The molecule has 2 rings (SSSR count). The van der Waals surface area contributed by atoms with E-state index in [-0.39, 0.29) is 5.91 Å². The first-order valence-corrected chi connectivity index (χ1v) is 8.73. The van der Waals surface area contributed by atoms with E-state index in [9.17, 15) is 4.79 Å². The lowest BCUT2D eigenvalue weighted by atomic mass is 10.2. The Morgan fingerprint density at radius 2 is 2.00 bits per heavy atom. The summed E-state index contributed by atoms with van der Waals surface area (Å²) in [5.74, 6) is 0.921. The van der Waals surface area contributed by atoms with E-state index in [1.807, 2.05) is 43.5 Å². The Morgan fingerprint density at radius 3 is 2.58 bits per heavy atom. The largest absolute Gasteiger partial charge is 0.497 e. The van der Waals surface area contributed by atoms with Crippen molar-refractivity contribution in [3.05, 3.63) is 64.9 Å². The summed E-state index contributed by atoms with van der Waals surface area (Å²) in [6.07, 6.45) is 1.84. The first-order valence-electron chi connectivity index (χ1n) is 7.85. The summed E-state index contributed by atoms with van der Waals surface area (Å²) in [6.45, 7) is 6.23. The van der Waals surface area contributed by atoms with Gasteiger partial charge in [0.15, 0.2) is 0 Å². The topological polar surface area (TPSA) is 32.8 Å². The third-order valence-corrected chi connectivity index (χ3v) is 4.57. The number of amides is 1. The molecule has 0 unspecified atom stereocenters. The SMILES string of the molecule is C=CCN(CC(=O)N(C)Cc1ccc(OC)cc1)Cc1cccs1. The number of benzene rings is 1. The third-order valence-electron chi connectivity index (χ3n) is 3.71. The fraction of sp³-hybridized carbons (Fsp3) is 0.316. The number of nitrogens with zero attached hydrogens (tertiary/aromatic N) is 2. The molecule has 0 saturated carbocycles. The Hall–Kier alpha value is -2.11. The van der Waals surface area contributed by atoms with Gasteiger partial charge in [-0.05, 0) is 29.1 Å². The maximum atomic E-state index is 12.5. The second-order valence-electron chi connectivity index (χ2n) is 5.64. The number of rotatable bonds is 9. The summed E-state index contributed by atoms with van der Waals surface area (Å²) >= 11 is 1.71. The van der Waals surface area contributed by atoms with Crippen LogP contribution in [0.25, 0.3) is 0 Å². The van der Waals surface area contributed by atoms with E-state index < -0.39 is 0 Å². The van der Waals surface area contributed by atoms with Gasteiger partial charge in [0, 0.05) is 31.6 Å². The zero-order chi connectivity index (χ0) is 17.4. The van der Waals surface area contributed by atoms with Gasteiger partial charge in [0.1, 0.15) is 5.75 Å². The van der Waals surface area contributed by atoms with Crippen molar-refractivity contribution in [3.63, 3.8) is 0 Å². The Bertz CT molecular complexity index is 638. The fourth-order valence-electron chi connectivity index (χ4n) is 2.40. The molecule has 1 aromatic carbocycles. The van der Waals surface area contributed by atoms with E-state index in [1.54, 1.807) is 23.3 Å². The Labute approximate surface area is 148 Å². The van der Waals surface area contributed by atoms with Gasteiger partial charge in [0.25, 0.3) is 0 Å². The van der Waals surface area contributed by atoms with Crippen LogP contribution in [-0.2, 0) is 17.9 Å². The third kappa shape index (κ3) is 5.51. The summed E-state index contributed by atoms with van der Waals surface area (Å²) in [4.78, 5) is 17.6. The number of ether oxygens (including phenoxy) is 1. The molecule has 0 aliphatic rings. The first kappa shape index (κ1) is 18.2. The number of methoxy groups -OCH3 is 1. The molecule has 1 amide bonds. The number of likely N-dealkylation sites (N-methyl/N-ethyl adjacent to an activating group) is 1. The molecular formula is C19H24N2O2S. The van der Waals surface area contributed by atoms with E-state index in [1.165, 1.54) is 4.88 Å². The van der Waals surface area contributed by atoms with Crippen molar-refractivity contribution >= 4 is 17.2 Å². The monoisotopic (exact) mass is 344 g/mol. The predicted molar refractivity (Wildman–Crippen MR) is 99.3 cm³/mol. The van der Waals surface area contributed by atoms with Crippen molar-refractivity contribution in [3.8, 4) is 5.75 Å². The molecule has 2 aromatic rings. The molecule has 1 aromatic heterocycles.